The molecule has 1 atom stereocenters. The van der Waals surface area contributed by atoms with Crippen molar-refractivity contribution in [1.29, 1.82) is 0 Å². The number of ketones is 2. The molecule has 0 amide bonds. The highest BCUT2D eigenvalue weighted by Gasteiger charge is 2.37. The number of nitro benzene ring substituents is 1. The van der Waals surface area contributed by atoms with Crippen molar-refractivity contribution in [2.24, 2.45) is 5.92 Å². The van der Waals surface area contributed by atoms with Crippen molar-refractivity contribution in [2.45, 2.75) is 6.42 Å². The Morgan fingerprint density at radius 1 is 1.15 bits per heavy atom. The molecular formula is C20H17N3O4. The molecular weight excluding hydrogens is 346 g/mol. The van der Waals surface area contributed by atoms with E-state index >= 15 is 0 Å². The second-order valence-corrected chi connectivity index (χ2v) is 7.04. The minimum absolute atomic E-state index is 0.0643. The van der Waals surface area contributed by atoms with Crippen molar-refractivity contribution in [3.63, 3.8) is 0 Å². The molecule has 1 aliphatic carbocycles. The molecule has 27 heavy (non-hydrogen) atoms. The largest absolute Gasteiger partial charge is 0.309 e. The molecule has 0 N–H and O–H groups in total. The van der Waals surface area contributed by atoms with Crippen LogP contribution >= 0.6 is 0 Å². The summed E-state index contributed by atoms with van der Waals surface area (Å²) in [6.07, 6.45) is 3.43. The van der Waals surface area contributed by atoms with Crippen LogP contribution in [0, 0.1) is 16.0 Å². The third-order valence-electron chi connectivity index (χ3n) is 5.08. The smallest absolute Gasteiger partial charge is 0.277 e. The van der Waals surface area contributed by atoms with Crippen LogP contribution < -0.4 is 0 Å². The number of pyridine rings is 1. The van der Waals surface area contributed by atoms with Crippen LogP contribution in [0.4, 0.5) is 5.69 Å². The van der Waals surface area contributed by atoms with E-state index in [2.05, 4.69) is 4.98 Å². The zero-order chi connectivity index (χ0) is 19.3. The lowest BCUT2D eigenvalue weighted by Gasteiger charge is -2.25. The van der Waals surface area contributed by atoms with Crippen molar-refractivity contribution < 1.29 is 14.5 Å². The molecule has 0 bridgehead atoms. The fourth-order valence-corrected chi connectivity index (χ4v) is 3.81. The summed E-state index contributed by atoms with van der Waals surface area (Å²) in [6.45, 7) is 0.589. The Bertz CT molecular complexity index is 1140. The first-order valence-electron chi connectivity index (χ1n) is 8.61. The molecule has 1 heterocycles. The molecule has 1 aliphatic rings. The number of nitrogens with zero attached hydrogens (tertiary/aromatic N) is 3. The Kier molecular flexibility index (Phi) is 3.96. The molecule has 0 radical (unpaired) electrons. The molecule has 1 unspecified atom stereocenters. The van der Waals surface area contributed by atoms with E-state index in [0.29, 0.717) is 45.6 Å². The quantitative estimate of drug-likeness (QED) is 0.306. The number of fused-ring (bicyclic) bond motifs is 2. The minimum atomic E-state index is -0.794. The van der Waals surface area contributed by atoms with Crippen LogP contribution in [0.25, 0.3) is 21.5 Å². The van der Waals surface area contributed by atoms with Crippen molar-refractivity contribution in [1.82, 2.24) is 9.88 Å². The van der Waals surface area contributed by atoms with Crippen LogP contribution in [-0.2, 0) is 0 Å². The molecule has 7 nitrogen and oxygen atoms in total. The summed E-state index contributed by atoms with van der Waals surface area (Å²) >= 11 is 0. The van der Waals surface area contributed by atoms with E-state index in [1.165, 1.54) is 12.3 Å². The predicted octanol–water partition coefficient (Wildman–Crippen LogP) is 3.24. The van der Waals surface area contributed by atoms with E-state index < -0.39 is 10.8 Å². The average molecular weight is 363 g/mol. The van der Waals surface area contributed by atoms with Gasteiger partial charge in [-0.25, -0.2) is 0 Å². The van der Waals surface area contributed by atoms with Gasteiger partial charge in [0.15, 0.2) is 11.6 Å². The SMILES string of the molecule is CN(C)CCC1C(=O)c2cncc3cc4c([N+](=O)[O-])cccc4c(c23)C1=O. The number of carbonyl (C=O) groups is 2. The van der Waals surface area contributed by atoms with E-state index in [4.69, 9.17) is 0 Å². The summed E-state index contributed by atoms with van der Waals surface area (Å²) in [5.41, 5.74) is 0.747. The first-order chi connectivity index (χ1) is 12.9. The Morgan fingerprint density at radius 3 is 2.63 bits per heavy atom. The van der Waals surface area contributed by atoms with Crippen LogP contribution in [0.2, 0.25) is 0 Å². The van der Waals surface area contributed by atoms with Crippen LogP contribution in [0.1, 0.15) is 27.1 Å². The maximum Gasteiger partial charge on any atom is 0.277 e. The summed E-state index contributed by atoms with van der Waals surface area (Å²) in [6, 6.07) is 6.34. The van der Waals surface area contributed by atoms with E-state index in [0.717, 1.165) is 0 Å². The topological polar surface area (TPSA) is 93.4 Å². The normalized spacial score (nSPS) is 16.5. The first kappa shape index (κ1) is 17.2. The zero-order valence-corrected chi connectivity index (χ0v) is 14.9. The highest BCUT2D eigenvalue weighted by Crippen LogP contribution is 2.40. The highest BCUT2D eigenvalue weighted by molar-refractivity contribution is 6.33. The average Bonchev–Trinajstić information content (AvgIpc) is 2.63. The number of Topliss-reactive ketones (excluding diaryl/α,β-unsaturated/α-hetero) is 2. The summed E-state index contributed by atoms with van der Waals surface area (Å²) < 4.78 is 0. The third-order valence-corrected chi connectivity index (χ3v) is 5.08. The second kappa shape index (κ2) is 6.21. The van der Waals surface area contributed by atoms with Gasteiger partial charge in [-0.3, -0.25) is 24.7 Å². The van der Waals surface area contributed by atoms with Gasteiger partial charge in [-0.1, -0.05) is 12.1 Å². The van der Waals surface area contributed by atoms with Gasteiger partial charge in [-0.15, -0.1) is 0 Å². The predicted molar refractivity (Wildman–Crippen MR) is 101 cm³/mol. The molecule has 0 aliphatic heterocycles. The second-order valence-electron chi connectivity index (χ2n) is 7.04. The van der Waals surface area contributed by atoms with E-state index in [1.807, 2.05) is 19.0 Å². The van der Waals surface area contributed by atoms with Crippen molar-refractivity contribution >= 4 is 38.8 Å². The van der Waals surface area contributed by atoms with Gasteiger partial charge in [0.05, 0.1) is 16.2 Å². The van der Waals surface area contributed by atoms with Gasteiger partial charge in [0.1, 0.15) is 0 Å². The monoisotopic (exact) mass is 363 g/mol. The molecule has 7 heteroatoms. The highest BCUT2D eigenvalue weighted by atomic mass is 16.6. The Morgan fingerprint density at radius 2 is 1.93 bits per heavy atom. The van der Waals surface area contributed by atoms with E-state index in [1.54, 1.807) is 24.4 Å². The van der Waals surface area contributed by atoms with Crippen LogP contribution in [0.15, 0.2) is 36.7 Å². The van der Waals surface area contributed by atoms with E-state index in [-0.39, 0.29) is 17.3 Å². The number of rotatable bonds is 4. The number of non-ortho nitro benzene ring substituents is 1. The van der Waals surface area contributed by atoms with Crippen LogP contribution in [-0.4, -0.2) is 47.0 Å². The zero-order valence-electron chi connectivity index (χ0n) is 14.9. The van der Waals surface area contributed by atoms with Crippen molar-refractivity contribution in [2.75, 3.05) is 20.6 Å². The lowest BCUT2D eigenvalue weighted by Crippen LogP contribution is -2.32. The fraction of sp³-hybridized carbons (Fsp3) is 0.250. The summed E-state index contributed by atoms with van der Waals surface area (Å²) in [7, 11) is 3.76. The Balaban J connectivity index is 2.06. The molecule has 4 rings (SSSR count). The number of benzene rings is 2. The molecule has 1 aromatic heterocycles. The molecule has 136 valence electrons. The Hall–Kier alpha value is -3.19. The summed E-state index contributed by atoms with van der Waals surface area (Å²) in [4.78, 5) is 43.3. The van der Waals surface area contributed by atoms with Gasteiger partial charge in [0, 0.05) is 45.7 Å². The molecule has 0 spiro atoms. The number of aromatic nitrogens is 1. The first-order valence-corrected chi connectivity index (χ1v) is 8.61. The number of nitro groups is 1. The maximum absolute atomic E-state index is 13.3. The van der Waals surface area contributed by atoms with Crippen LogP contribution in [0.5, 0.6) is 0 Å². The summed E-state index contributed by atoms with van der Waals surface area (Å²) in [5, 5.41) is 13.5. The summed E-state index contributed by atoms with van der Waals surface area (Å²) in [5.74, 6) is -1.29. The minimum Gasteiger partial charge on any atom is -0.309 e. The van der Waals surface area contributed by atoms with Gasteiger partial charge in [0.25, 0.3) is 5.69 Å². The van der Waals surface area contributed by atoms with Crippen molar-refractivity contribution in [3.8, 4) is 0 Å². The molecule has 3 aromatic rings. The molecule has 2 aromatic carbocycles. The fourth-order valence-electron chi connectivity index (χ4n) is 3.81. The lowest BCUT2D eigenvalue weighted by atomic mass is 9.77. The van der Waals surface area contributed by atoms with Gasteiger partial charge in [0.2, 0.25) is 0 Å². The van der Waals surface area contributed by atoms with Crippen molar-refractivity contribution in [3.05, 3.63) is 57.9 Å². The van der Waals surface area contributed by atoms with E-state index in [9.17, 15) is 19.7 Å². The number of hydrogen-bond acceptors (Lipinski definition) is 6. The standard InChI is InChI=1S/C20H17N3O4/c1-22(2)7-6-13-19(24)15-10-21-9-11-8-14-12(18(17(11)15)20(13)25)4-3-5-16(14)23(26)27/h3-5,8-10,13H,6-7H2,1-2H3. The lowest BCUT2D eigenvalue weighted by molar-refractivity contribution is -0.383. The van der Waals surface area contributed by atoms with Crippen LogP contribution in [0.3, 0.4) is 0 Å². The molecule has 0 saturated heterocycles. The van der Waals surface area contributed by atoms with Gasteiger partial charge in [-0.2, -0.15) is 0 Å². The Labute approximate surface area is 154 Å². The third kappa shape index (κ3) is 2.59. The molecule has 0 saturated carbocycles. The molecule has 0 fully saturated rings. The number of hydrogen-bond donors (Lipinski definition) is 0. The maximum atomic E-state index is 13.3. The van der Waals surface area contributed by atoms with Gasteiger partial charge >= 0.3 is 0 Å². The van der Waals surface area contributed by atoms with Gasteiger partial charge < -0.3 is 4.90 Å². The van der Waals surface area contributed by atoms with Gasteiger partial charge in [-0.05, 0) is 33.1 Å². The number of carbonyl (C=O) groups excluding carboxylic acids is 2.